The van der Waals surface area contributed by atoms with Crippen LogP contribution < -0.4 is 5.32 Å². The van der Waals surface area contributed by atoms with Crippen LogP contribution in [0, 0.1) is 0 Å². The molecule has 1 amide bonds. The highest BCUT2D eigenvalue weighted by Crippen LogP contribution is 2.15. The van der Waals surface area contributed by atoms with Crippen molar-refractivity contribution < 1.29 is 9.53 Å². The molecule has 0 aliphatic heterocycles. The molecule has 5 nitrogen and oxygen atoms in total. The van der Waals surface area contributed by atoms with Gasteiger partial charge in [0.1, 0.15) is 12.4 Å². The maximum Gasteiger partial charge on any atom is 0.408 e. The quantitative estimate of drug-likeness (QED) is 0.728. The summed E-state index contributed by atoms with van der Waals surface area (Å²) in [6, 6.07) is 19.3. The lowest BCUT2D eigenvalue weighted by atomic mass is 10.1. The molecule has 0 radical (unpaired) electrons. The van der Waals surface area contributed by atoms with E-state index in [1.54, 1.807) is 12.4 Å². The maximum atomic E-state index is 12.1. The Morgan fingerprint density at radius 3 is 2.33 bits per heavy atom. The number of carbonyl (C=O) groups is 1. The lowest BCUT2D eigenvalue weighted by Gasteiger charge is -2.17. The Hall–Kier alpha value is -3.08. The summed E-state index contributed by atoms with van der Waals surface area (Å²) in [6.45, 7) is 0.239. The number of ether oxygens (including phenoxy) is 1. The Labute approximate surface area is 140 Å². The van der Waals surface area contributed by atoms with Gasteiger partial charge in [-0.2, -0.15) is 0 Å². The molecule has 0 aliphatic rings. The van der Waals surface area contributed by atoms with Crippen molar-refractivity contribution in [2.45, 2.75) is 19.1 Å². The van der Waals surface area contributed by atoms with Crippen LogP contribution in [0.15, 0.2) is 73.1 Å². The van der Waals surface area contributed by atoms with E-state index < -0.39 is 6.09 Å². The fourth-order valence-electron chi connectivity index (χ4n) is 2.44. The van der Waals surface area contributed by atoms with Crippen LogP contribution in [0.3, 0.4) is 0 Å². The van der Waals surface area contributed by atoms with Gasteiger partial charge in [-0.25, -0.2) is 9.78 Å². The second kappa shape index (κ2) is 7.97. The lowest BCUT2D eigenvalue weighted by Crippen LogP contribution is -2.31. The monoisotopic (exact) mass is 321 g/mol. The first-order valence-electron chi connectivity index (χ1n) is 7.81. The zero-order valence-electron chi connectivity index (χ0n) is 13.2. The standard InChI is InChI=1S/C19H19N3O2/c23-19(24-14-16-9-5-2-6-10-16)22-17(18-20-11-12-21-18)13-15-7-3-1-4-8-15/h1-12,17H,13-14H2,(H,20,21)(H,22,23)/t17-/m0/s1. The van der Waals surface area contributed by atoms with Crippen molar-refractivity contribution in [3.63, 3.8) is 0 Å². The van der Waals surface area contributed by atoms with Crippen molar-refractivity contribution >= 4 is 6.09 Å². The smallest absolute Gasteiger partial charge is 0.408 e. The number of rotatable bonds is 6. The molecule has 0 aliphatic carbocycles. The SMILES string of the molecule is O=C(N[C@@H](Cc1ccccc1)c1ncc[nH]1)OCc1ccccc1. The number of alkyl carbamates (subject to hydrolysis) is 1. The number of aromatic nitrogens is 2. The molecule has 0 fully saturated rings. The van der Waals surface area contributed by atoms with Crippen LogP contribution in [0.4, 0.5) is 4.79 Å². The highest BCUT2D eigenvalue weighted by atomic mass is 16.5. The summed E-state index contributed by atoms with van der Waals surface area (Å²) >= 11 is 0. The van der Waals surface area contributed by atoms with E-state index >= 15 is 0 Å². The molecule has 122 valence electrons. The third kappa shape index (κ3) is 4.46. The van der Waals surface area contributed by atoms with E-state index in [1.165, 1.54) is 0 Å². The number of imidazole rings is 1. The van der Waals surface area contributed by atoms with Crippen molar-refractivity contribution in [2.24, 2.45) is 0 Å². The number of nitrogens with one attached hydrogen (secondary N) is 2. The number of benzene rings is 2. The fourth-order valence-corrected chi connectivity index (χ4v) is 2.44. The van der Waals surface area contributed by atoms with E-state index in [9.17, 15) is 4.79 Å². The van der Waals surface area contributed by atoms with Gasteiger partial charge < -0.3 is 15.0 Å². The number of carbonyl (C=O) groups excluding carboxylic acids is 1. The van der Waals surface area contributed by atoms with Gasteiger partial charge in [0, 0.05) is 18.8 Å². The fraction of sp³-hybridized carbons (Fsp3) is 0.158. The molecule has 3 aromatic rings. The predicted octanol–water partition coefficient (Wildman–Crippen LogP) is 3.62. The van der Waals surface area contributed by atoms with Crippen LogP contribution in [0.5, 0.6) is 0 Å². The average Bonchev–Trinajstić information content (AvgIpc) is 3.16. The molecule has 5 heteroatoms. The first-order valence-corrected chi connectivity index (χ1v) is 7.81. The second-order valence-corrected chi connectivity index (χ2v) is 5.42. The molecule has 0 bridgehead atoms. The lowest BCUT2D eigenvalue weighted by molar-refractivity contribution is 0.135. The van der Waals surface area contributed by atoms with Gasteiger partial charge in [-0.15, -0.1) is 0 Å². The Balaban J connectivity index is 1.62. The van der Waals surface area contributed by atoms with Gasteiger partial charge in [0.15, 0.2) is 0 Å². The molecule has 3 rings (SSSR count). The van der Waals surface area contributed by atoms with Gasteiger partial charge in [-0.1, -0.05) is 60.7 Å². The van der Waals surface area contributed by atoms with Crippen molar-refractivity contribution in [3.8, 4) is 0 Å². The van der Waals surface area contributed by atoms with E-state index in [0.29, 0.717) is 12.2 Å². The number of nitrogens with zero attached hydrogens (tertiary/aromatic N) is 1. The molecule has 24 heavy (non-hydrogen) atoms. The minimum atomic E-state index is -0.462. The van der Waals surface area contributed by atoms with Crippen LogP contribution in [-0.2, 0) is 17.8 Å². The topological polar surface area (TPSA) is 67.0 Å². The largest absolute Gasteiger partial charge is 0.445 e. The van der Waals surface area contributed by atoms with Gasteiger partial charge in [0.05, 0.1) is 6.04 Å². The minimum Gasteiger partial charge on any atom is -0.445 e. The van der Waals surface area contributed by atoms with Crippen molar-refractivity contribution in [1.82, 2.24) is 15.3 Å². The van der Waals surface area contributed by atoms with Crippen LogP contribution in [0.1, 0.15) is 23.0 Å². The summed E-state index contributed by atoms with van der Waals surface area (Å²) in [6.07, 6.45) is 3.58. The summed E-state index contributed by atoms with van der Waals surface area (Å²) in [4.78, 5) is 19.5. The van der Waals surface area contributed by atoms with Crippen molar-refractivity contribution in [1.29, 1.82) is 0 Å². The van der Waals surface area contributed by atoms with Gasteiger partial charge in [-0.05, 0) is 11.1 Å². The third-order valence-electron chi connectivity index (χ3n) is 3.64. The molecule has 0 saturated heterocycles. The minimum absolute atomic E-state index is 0.239. The van der Waals surface area contributed by atoms with E-state index in [0.717, 1.165) is 11.1 Å². The Morgan fingerprint density at radius 1 is 1.04 bits per heavy atom. The molecule has 0 unspecified atom stereocenters. The summed E-state index contributed by atoms with van der Waals surface area (Å²) in [5, 5.41) is 2.88. The van der Waals surface area contributed by atoms with Crippen LogP contribution in [0.25, 0.3) is 0 Å². The molecular formula is C19H19N3O2. The maximum absolute atomic E-state index is 12.1. The number of H-pyrrole nitrogens is 1. The van der Waals surface area contributed by atoms with Gasteiger partial charge in [-0.3, -0.25) is 0 Å². The van der Waals surface area contributed by atoms with E-state index in [-0.39, 0.29) is 12.6 Å². The third-order valence-corrected chi connectivity index (χ3v) is 3.64. The number of amides is 1. The average molecular weight is 321 g/mol. The Morgan fingerprint density at radius 2 is 1.71 bits per heavy atom. The summed E-state index contributed by atoms with van der Waals surface area (Å²) in [7, 11) is 0. The molecule has 0 spiro atoms. The van der Waals surface area contributed by atoms with Gasteiger partial charge in [0.25, 0.3) is 0 Å². The van der Waals surface area contributed by atoms with E-state index in [4.69, 9.17) is 4.74 Å². The van der Waals surface area contributed by atoms with Crippen LogP contribution in [-0.4, -0.2) is 16.1 Å². The summed E-state index contributed by atoms with van der Waals surface area (Å²) < 4.78 is 5.30. The summed E-state index contributed by atoms with van der Waals surface area (Å²) in [5.74, 6) is 0.704. The molecule has 2 aromatic carbocycles. The zero-order chi connectivity index (χ0) is 16.6. The van der Waals surface area contributed by atoms with Gasteiger partial charge >= 0.3 is 6.09 Å². The van der Waals surface area contributed by atoms with Crippen LogP contribution >= 0.6 is 0 Å². The van der Waals surface area contributed by atoms with Crippen molar-refractivity contribution in [3.05, 3.63) is 90.0 Å². The number of hydrogen-bond donors (Lipinski definition) is 2. The van der Waals surface area contributed by atoms with Gasteiger partial charge in [0.2, 0.25) is 0 Å². The van der Waals surface area contributed by atoms with Crippen LogP contribution in [0.2, 0.25) is 0 Å². The zero-order valence-corrected chi connectivity index (χ0v) is 13.2. The Bertz CT molecular complexity index is 743. The number of hydrogen-bond acceptors (Lipinski definition) is 3. The summed E-state index contributed by atoms with van der Waals surface area (Å²) in [5.41, 5.74) is 2.06. The molecular weight excluding hydrogens is 302 g/mol. The van der Waals surface area contributed by atoms with Crippen molar-refractivity contribution in [2.75, 3.05) is 0 Å². The second-order valence-electron chi connectivity index (χ2n) is 5.42. The molecule has 1 heterocycles. The molecule has 1 aromatic heterocycles. The first-order chi connectivity index (χ1) is 11.8. The number of aromatic amines is 1. The van der Waals surface area contributed by atoms with E-state index in [2.05, 4.69) is 15.3 Å². The first kappa shape index (κ1) is 15.8. The highest BCUT2D eigenvalue weighted by Gasteiger charge is 2.18. The van der Waals surface area contributed by atoms with E-state index in [1.807, 2.05) is 60.7 Å². The molecule has 2 N–H and O–H groups in total. The predicted molar refractivity (Wildman–Crippen MR) is 91.2 cm³/mol. The highest BCUT2D eigenvalue weighted by molar-refractivity contribution is 5.67. The normalized spacial score (nSPS) is 11.7. The Kier molecular flexibility index (Phi) is 5.24. The molecule has 1 atom stereocenters. The molecule has 0 saturated carbocycles.